The topological polar surface area (TPSA) is 25.6 Å². The van der Waals surface area contributed by atoms with Crippen molar-refractivity contribution in [1.82, 2.24) is 14.1 Å². The summed E-state index contributed by atoms with van der Waals surface area (Å²) in [5.74, 6) is 0. The molecule has 0 amide bonds. The molecular formula is C40H27N3. The normalized spacial score (nSPS) is 11.7. The van der Waals surface area contributed by atoms with E-state index in [1.54, 1.807) is 0 Å². The highest BCUT2D eigenvalue weighted by molar-refractivity contribution is 6.15. The van der Waals surface area contributed by atoms with Crippen LogP contribution in [-0.4, -0.2) is 14.1 Å². The van der Waals surface area contributed by atoms with E-state index in [0.717, 1.165) is 33.4 Å². The molecule has 43 heavy (non-hydrogen) atoms. The van der Waals surface area contributed by atoms with Gasteiger partial charge >= 0.3 is 0 Å². The molecule has 0 aliphatic rings. The summed E-state index contributed by atoms with van der Waals surface area (Å²) in [5, 5.41) is 7.23. The highest BCUT2D eigenvalue weighted by atomic mass is 15.0. The molecule has 0 saturated carbocycles. The van der Waals surface area contributed by atoms with Crippen molar-refractivity contribution in [3.8, 4) is 11.4 Å². The maximum Gasteiger partial charge on any atom is 0.0555 e. The minimum absolute atomic E-state index is 1.12. The van der Waals surface area contributed by atoms with Crippen molar-refractivity contribution in [2.75, 3.05) is 0 Å². The molecule has 0 atom stereocenters. The van der Waals surface area contributed by atoms with E-state index in [4.69, 9.17) is 0 Å². The molecule has 1 N–H and O–H groups in total. The lowest BCUT2D eigenvalue weighted by Gasteiger charge is -2.12. The first-order chi connectivity index (χ1) is 21.3. The minimum atomic E-state index is 1.12. The number of fused-ring (bicyclic) bond motifs is 7. The molecule has 9 rings (SSSR count). The van der Waals surface area contributed by atoms with Crippen molar-refractivity contribution in [3.63, 3.8) is 0 Å². The molecule has 0 aliphatic heterocycles. The van der Waals surface area contributed by atoms with Gasteiger partial charge in [-0.25, -0.2) is 0 Å². The smallest absolute Gasteiger partial charge is 0.0555 e. The summed E-state index contributed by atoms with van der Waals surface area (Å²) in [6, 6.07) is 56.8. The quantitative estimate of drug-likeness (QED) is 0.222. The van der Waals surface area contributed by atoms with Gasteiger partial charge in [-0.05, 0) is 82.2 Å². The van der Waals surface area contributed by atoms with Crippen LogP contribution in [0.2, 0.25) is 0 Å². The minimum Gasteiger partial charge on any atom is -0.354 e. The second-order valence-electron chi connectivity index (χ2n) is 11.2. The number of hydrogen-bond donors (Lipinski definition) is 1. The predicted octanol–water partition coefficient (Wildman–Crippen LogP) is 10.6. The van der Waals surface area contributed by atoms with E-state index in [1.165, 1.54) is 43.4 Å². The lowest BCUT2D eigenvalue weighted by molar-refractivity contribution is 1.17. The third-order valence-corrected chi connectivity index (χ3v) is 8.64. The summed E-state index contributed by atoms with van der Waals surface area (Å²) in [4.78, 5) is 3.81. The van der Waals surface area contributed by atoms with Crippen LogP contribution in [0.15, 0.2) is 158 Å². The van der Waals surface area contributed by atoms with E-state index < -0.39 is 0 Å². The second kappa shape index (κ2) is 9.37. The number of nitrogens with zero attached hydrogens (tertiary/aromatic N) is 2. The van der Waals surface area contributed by atoms with Crippen LogP contribution in [-0.2, 0) is 0 Å². The standard InChI is InChI=1S/C40H27N3/c1-3-13-31(14-4-1)42-37-17-9-7-11-27(37)19-21-29-23-33-34-24-30-22-20-28-12-8-10-18-38(28)43(32-15-5-2-6-16-32)40(30)26-36(34)41-35(33)25-39(29)42/h1-26,41H. The van der Waals surface area contributed by atoms with Gasteiger partial charge in [0.2, 0.25) is 0 Å². The van der Waals surface area contributed by atoms with Crippen LogP contribution in [0.3, 0.4) is 0 Å². The van der Waals surface area contributed by atoms with Gasteiger partial charge in [0, 0.05) is 33.2 Å². The Hall–Kier alpha value is -5.80. The number of benzene rings is 6. The fraction of sp³-hybridized carbons (Fsp3) is 0. The van der Waals surface area contributed by atoms with E-state index >= 15 is 0 Å². The Morgan fingerprint density at radius 1 is 0.326 bits per heavy atom. The zero-order chi connectivity index (χ0) is 28.3. The number of aromatic amines is 1. The Kier molecular flexibility index (Phi) is 5.20. The largest absolute Gasteiger partial charge is 0.354 e. The van der Waals surface area contributed by atoms with E-state index in [2.05, 4.69) is 172 Å². The fourth-order valence-electron chi connectivity index (χ4n) is 6.66. The Bertz CT molecular complexity index is 2370. The Morgan fingerprint density at radius 3 is 1.19 bits per heavy atom. The maximum absolute atomic E-state index is 3.81. The monoisotopic (exact) mass is 549 g/mol. The summed E-state index contributed by atoms with van der Waals surface area (Å²) in [5.41, 5.74) is 9.20. The number of aromatic nitrogens is 3. The van der Waals surface area contributed by atoms with Crippen LogP contribution in [0.5, 0.6) is 0 Å². The number of rotatable bonds is 2. The molecule has 0 saturated heterocycles. The highest BCUT2D eigenvalue weighted by Gasteiger charge is 2.13. The summed E-state index contributed by atoms with van der Waals surface area (Å²) in [6.07, 6.45) is 0. The van der Waals surface area contributed by atoms with Crippen LogP contribution < -0.4 is 0 Å². The summed E-state index contributed by atoms with van der Waals surface area (Å²) < 4.78 is 4.75. The van der Waals surface area contributed by atoms with Crippen LogP contribution in [0.1, 0.15) is 0 Å². The van der Waals surface area contributed by atoms with E-state index in [1.807, 2.05) is 0 Å². The molecule has 0 aliphatic carbocycles. The zero-order valence-corrected chi connectivity index (χ0v) is 23.4. The third-order valence-electron chi connectivity index (χ3n) is 8.64. The van der Waals surface area contributed by atoms with E-state index in [-0.39, 0.29) is 0 Å². The Morgan fingerprint density at radius 2 is 0.721 bits per heavy atom. The van der Waals surface area contributed by atoms with Gasteiger partial charge < -0.3 is 14.1 Å². The summed E-state index contributed by atoms with van der Waals surface area (Å²) >= 11 is 0. The van der Waals surface area contributed by atoms with Crippen molar-refractivity contribution in [2.24, 2.45) is 0 Å². The average molecular weight is 550 g/mol. The molecule has 0 unspecified atom stereocenters. The first kappa shape index (κ1) is 23.9. The van der Waals surface area contributed by atoms with Crippen molar-refractivity contribution < 1.29 is 0 Å². The van der Waals surface area contributed by atoms with Gasteiger partial charge in [0.1, 0.15) is 0 Å². The van der Waals surface area contributed by atoms with Crippen LogP contribution in [0.4, 0.5) is 0 Å². The molecule has 6 aromatic carbocycles. The molecule has 3 nitrogen and oxygen atoms in total. The SMILES string of the molecule is c1ccc(-n2c3ccccc3ccc3cc4c(cc32)[nH]c2cc3c(ccc5ccccc5n3-c3ccccc3)cc24)cc1. The van der Waals surface area contributed by atoms with Gasteiger partial charge in [-0.15, -0.1) is 0 Å². The molecular weight excluding hydrogens is 522 g/mol. The van der Waals surface area contributed by atoms with Gasteiger partial charge in [-0.3, -0.25) is 0 Å². The van der Waals surface area contributed by atoms with Crippen molar-refractivity contribution >= 4 is 65.4 Å². The van der Waals surface area contributed by atoms with Crippen LogP contribution >= 0.6 is 0 Å². The molecule has 0 spiro atoms. The van der Waals surface area contributed by atoms with Gasteiger partial charge in [0.15, 0.2) is 0 Å². The van der Waals surface area contributed by atoms with Crippen LogP contribution in [0, 0.1) is 0 Å². The molecule has 202 valence electrons. The first-order valence-electron chi connectivity index (χ1n) is 14.7. The fourth-order valence-corrected chi connectivity index (χ4v) is 6.66. The van der Waals surface area contributed by atoms with Gasteiger partial charge in [-0.2, -0.15) is 0 Å². The predicted molar refractivity (Wildman–Crippen MR) is 182 cm³/mol. The number of hydrogen-bond acceptors (Lipinski definition) is 0. The van der Waals surface area contributed by atoms with Crippen molar-refractivity contribution in [1.29, 1.82) is 0 Å². The number of nitrogens with one attached hydrogen (secondary N) is 1. The molecule has 0 radical (unpaired) electrons. The van der Waals surface area contributed by atoms with E-state index in [0.29, 0.717) is 0 Å². The molecule has 0 bridgehead atoms. The first-order valence-corrected chi connectivity index (χ1v) is 14.7. The molecule has 3 aromatic heterocycles. The molecule has 3 heteroatoms. The maximum atomic E-state index is 3.81. The average Bonchev–Trinajstić information content (AvgIpc) is 3.20. The van der Waals surface area contributed by atoms with Crippen molar-refractivity contribution in [2.45, 2.75) is 0 Å². The van der Waals surface area contributed by atoms with Gasteiger partial charge in [0.05, 0.1) is 22.1 Å². The zero-order valence-electron chi connectivity index (χ0n) is 23.4. The lowest BCUT2D eigenvalue weighted by atomic mass is 10.1. The molecule has 9 aromatic rings. The molecule has 0 fully saturated rings. The van der Waals surface area contributed by atoms with Crippen molar-refractivity contribution in [3.05, 3.63) is 158 Å². The molecule has 3 heterocycles. The van der Waals surface area contributed by atoms with Gasteiger partial charge in [-0.1, -0.05) is 97.1 Å². The number of H-pyrrole nitrogens is 1. The summed E-state index contributed by atoms with van der Waals surface area (Å²) in [7, 11) is 0. The van der Waals surface area contributed by atoms with E-state index in [9.17, 15) is 0 Å². The summed E-state index contributed by atoms with van der Waals surface area (Å²) in [6.45, 7) is 0. The van der Waals surface area contributed by atoms with Gasteiger partial charge in [0.25, 0.3) is 0 Å². The number of para-hydroxylation sites is 4. The Balaban J connectivity index is 1.41. The third kappa shape index (κ3) is 3.75. The Labute approximate surface area is 248 Å². The second-order valence-corrected chi connectivity index (χ2v) is 11.2. The van der Waals surface area contributed by atoms with Crippen LogP contribution in [0.25, 0.3) is 76.8 Å². The highest BCUT2D eigenvalue weighted by Crippen LogP contribution is 2.35. The lowest BCUT2D eigenvalue weighted by Crippen LogP contribution is -1.96.